The molecule has 220 valence electrons. The lowest BCUT2D eigenvalue weighted by Gasteiger charge is -2.44. The molecule has 10 nitrogen and oxygen atoms in total. The molecular formula is C30H37N3O7S. The Balaban J connectivity index is 1.36. The number of carbonyl (C=O) groups excluding carboxylic acids is 3. The summed E-state index contributed by atoms with van der Waals surface area (Å²) >= 11 is 0. The van der Waals surface area contributed by atoms with Crippen LogP contribution in [-0.2, 0) is 30.8 Å². The summed E-state index contributed by atoms with van der Waals surface area (Å²) in [5.41, 5.74) is -0.0759. The first-order valence-corrected chi connectivity index (χ1v) is 15.8. The van der Waals surface area contributed by atoms with Gasteiger partial charge in [-0.25, -0.2) is 12.7 Å². The monoisotopic (exact) mass is 583 g/mol. The van der Waals surface area contributed by atoms with Gasteiger partial charge in [0.1, 0.15) is 23.8 Å². The van der Waals surface area contributed by atoms with Gasteiger partial charge < -0.3 is 19.3 Å². The van der Waals surface area contributed by atoms with Gasteiger partial charge in [-0.05, 0) is 55.9 Å². The number of hydrogen-bond acceptors (Lipinski definition) is 7. The van der Waals surface area contributed by atoms with E-state index in [9.17, 15) is 22.8 Å². The minimum absolute atomic E-state index is 0.000236. The van der Waals surface area contributed by atoms with Crippen molar-refractivity contribution in [3.63, 3.8) is 0 Å². The van der Waals surface area contributed by atoms with Gasteiger partial charge in [0.2, 0.25) is 5.91 Å². The molecule has 3 amide bonds. The van der Waals surface area contributed by atoms with E-state index in [0.29, 0.717) is 36.8 Å². The number of fused-ring (bicyclic) bond motifs is 2. The molecule has 5 rings (SSSR count). The smallest absolute Gasteiger partial charge is 0.269 e. The van der Waals surface area contributed by atoms with E-state index in [2.05, 4.69) is 13.0 Å². The maximum atomic E-state index is 14.2. The first-order valence-electron chi connectivity index (χ1n) is 14.3. The minimum Gasteiger partial charge on any atom is -0.491 e. The molecule has 0 aliphatic carbocycles. The van der Waals surface area contributed by atoms with E-state index in [-0.39, 0.29) is 36.1 Å². The predicted molar refractivity (Wildman–Crippen MR) is 151 cm³/mol. The average molecular weight is 584 g/mol. The summed E-state index contributed by atoms with van der Waals surface area (Å²) in [4.78, 5) is 43.7. The molecule has 1 atom stereocenters. The lowest BCUT2D eigenvalue weighted by Crippen LogP contribution is -2.63. The summed E-state index contributed by atoms with van der Waals surface area (Å²) in [5, 5.41) is 0. The lowest BCUT2D eigenvalue weighted by atomic mass is 9.90. The first kappa shape index (κ1) is 29.1. The maximum absolute atomic E-state index is 14.2. The summed E-state index contributed by atoms with van der Waals surface area (Å²) < 4.78 is 39.1. The Bertz CT molecular complexity index is 1410. The number of nitrogens with zero attached hydrogens (tertiary/aromatic N) is 3. The van der Waals surface area contributed by atoms with Crippen molar-refractivity contribution in [1.82, 2.24) is 14.1 Å². The molecule has 0 radical (unpaired) electrons. The molecular weight excluding hydrogens is 546 g/mol. The van der Waals surface area contributed by atoms with Gasteiger partial charge in [0.15, 0.2) is 5.60 Å². The van der Waals surface area contributed by atoms with Gasteiger partial charge in [0, 0.05) is 13.1 Å². The number of unbranched alkanes of at least 4 members (excludes halogenated alkanes) is 1. The summed E-state index contributed by atoms with van der Waals surface area (Å²) in [6.07, 6.45) is 4.44. The van der Waals surface area contributed by atoms with Gasteiger partial charge >= 0.3 is 0 Å². The third kappa shape index (κ3) is 5.83. The van der Waals surface area contributed by atoms with Crippen LogP contribution in [0.2, 0.25) is 0 Å². The molecule has 0 bridgehead atoms. The molecule has 0 N–H and O–H groups in total. The number of sulfonamides is 1. The zero-order valence-corrected chi connectivity index (χ0v) is 24.2. The molecule has 2 aromatic rings. The van der Waals surface area contributed by atoms with Crippen LogP contribution in [0.3, 0.4) is 0 Å². The van der Waals surface area contributed by atoms with Crippen LogP contribution in [0.25, 0.3) is 0 Å². The van der Waals surface area contributed by atoms with Gasteiger partial charge in [0.05, 0.1) is 25.3 Å². The van der Waals surface area contributed by atoms with Crippen molar-refractivity contribution in [3.8, 4) is 5.75 Å². The van der Waals surface area contributed by atoms with Crippen molar-refractivity contribution in [3.05, 3.63) is 59.7 Å². The fraction of sp³-hybridized carbons (Fsp3) is 0.500. The lowest BCUT2D eigenvalue weighted by molar-refractivity contribution is -0.176. The number of carbonyl (C=O) groups is 3. The molecule has 41 heavy (non-hydrogen) atoms. The van der Waals surface area contributed by atoms with E-state index in [0.717, 1.165) is 37.0 Å². The summed E-state index contributed by atoms with van der Waals surface area (Å²) in [5.74, 6) is -0.596. The van der Waals surface area contributed by atoms with Crippen molar-refractivity contribution in [2.75, 3.05) is 45.9 Å². The number of rotatable bonds is 5. The Morgan fingerprint density at radius 2 is 1.78 bits per heavy atom. The van der Waals surface area contributed by atoms with Crippen LogP contribution < -0.4 is 4.74 Å². The number of para-hydroxylation sites is 1. The molecule has 11 heteroatoms. The molecule has 3 aliphatic rings. The number of aryl methyl sites for hydroxylation is 1. The van der Waals surface area contributed by atoms with Crippen molar-refractivity contribution in [2.24, 2.45) is 0 Å². The molecule has 3 heterocycles. The topological polar surface area (TPSA) is 114 Å². The molecule has 0 aromatic heterocycles. The standard InChI is InChI=1S/C30H37N3O7S/c1-2-3-16-31-17-19-39-25-13-6-4-10-23(25)11-8-9-15-30(29(31)36)22-32(18-20-40-30)27(34)21-33-28(35)24-12-5-7-14-26(24)41(33,37)38/h4-7,10,12-14H,2-3,8-9,11,15-22H2,1H3. The Morgan fingerprint density at radius 3 is 2.59 bits per heavy atom. The van der Waals surface area contributed by atoms with Crippen molar-refractivity contribution < 1.29 is 32.3 Å². The van der Waals surface area contributed by atoms with Crippen LogP contribution in [0.5, 0.6) is 5.75 Å². The number of ether oxygens (including phenoxy) is 2. The SMILES string of the molecule is CCCCN1CCOc2ccccc2CCCCC2(CN(C(=O)CN3C(=O)c4ccccc4S3(=O)=O)CCO2)C1=O. The third-order valence-electron chi connectivity index (χ3n) is 8.06. The largest absolute Gasteiger partial charge is 0.491 e. The van der Waals surface area contributed by atoms with Gasteiger partial charge in [-0.2, -0.15) is 0 Å². The van der Waals surface area contributed by atoms with Gasteiger partial charge in [0.25, 0.3) is 21.8 Å². The molecule has 2 aromatic carbocycles. The van der Waals surface area contributed by atoms with Crippen LogP contribution in [0.15, 0.2) is 53.4 Å². The quantitative estimate of drug-likeness (QED) is 0.532. The van der Waals surface area contributed by atoms with Crippen LogP contribution in [-0.4, -0.2) is 91.8 Å². The zero-order chi connectivity index (χ0) is 29.0. The molecule has 1 spiro atoms. The van der Waals surface area contributed by atoms with E-state index in [4.69, 9.17) is 9.47 Å². The van der Waals surface area contributed by atoms with E-state index in [1.54, 1.807) is 17.0 Å². The molecule has 3 aliphatic heterocycles. The van der Waals surface area contributed by atoms with Gasteiger partial charge in [-0.3, -0.25) is 14.4 Å². The highest BCUT2D eigenvalue weighted by atomic mass is 32.2. The van der Waals surface area contributed by atoms with E-state index < -0.39 is 34.0 Å². The number of amides is 3. The molecule has 1 saturated heterocycles. The zero-order valence-electron chi connectivity index (χ0n) is 23.4. The Labute approximate surface area is 241 Å². The van der Waals surface area contributed by atoms with Gasteiger partial charge in [-0.1, -0.05) is 43.7 Å². The van der Waals surface area contributed by atoms with Crippen LogP contribution in [0, 0.1) is 0 Å². The second kappa shape index (κ2) is 12.2. The van der Waals surface area contributed by atoms with Crippen LogP contribution in [0.4, 0.5) is 0 Å². The molecule has 1 unspecified atom stereocenters. The van der Waals surface area contributed by atoms with Crippen molar-refractivity contribution in [1.29, 1.82) is 0 Å². The number of hydrogen-bond donors (Lipinski definition) is 0. The number of benzene rings is 2. The highest BCUT2D eigenvalue weighted by molar-refractivity contribution is 7.90. The normalized spacial score (nSPS) is 22.9. The van der Waals surface area contributed by atoms with E-state index in [1.165, 1.54) is 17.0 Å². The Hall–Kier alpha value is -3.44. The van der Waals surface area contributed by atoms with Crippen LogP contribution in [0.1, 0.15) is 54.9 Å². The van der Waals surface area contributed by atoms with E-state index in [1.807, 2.05) is 18.2 Å². The van der Waals surface area contributed by atoms with Crippen molar-refractivity contribution >= 4 is 27.7 Å². The van der Waals surface area contributed by atoms with Crippen LogP contribution >= 0.6 is 0 Å². The fourth-order valence-electron chi connectivity index (χ4n) is 5.79. The summed E-state index contributed by atoms with van der Waals surface area (Å²) in [6.45, 7) is 3.04. The van der Waals surface area contributed by atoms with E-state index >= 15 is 0 Å². The second-order valence-electron chi connectivity index (χ2n) is 10.8. The van der Waals surface area contributed by atoms with Gasteiger partial charge in [-0.15, -0.1) is 0 Å². The highest BCUT2D eigenvalue weighted by Crippen LogP contribution is 2.32. The summed E-state index contributed by atoms with van der Waals surface area (Å²) in [7, 11) is -4.13. The first-order chi connectivity index (χ1) is 19.8. The maximum Gasteiger partial charge on any atom is 0.269 e. The minimum atomic E-state index is -4.13. The summed E-state index contributed by atoms with van der Waals surface area (Å²) in [6, 6.07) is 13.9. The number of morpholine rings is 1. The third-order valence-corrected chi connectivity index (χ3v) is 9.84. The van der Waals surface area contributed by atoms with Crippen molar-refractivity contribution in [2.45, 2.75) is 55.9 Å². The molecule has 0 saturated carbocycles. The molecule has 1 fully saturated rings. The predicted octanol–water partition coefficient (Wildman–Crippen LogP) is 2.86. The Morgan fingerprint density at radius 1 is 1.00 bits per heavy atom. The second-order valence-corrected chi connectivity index (χ2v) is 12.6. The average Bonchev–Trinajstić information content (AvgIpc) is 3.17. The Kier molecular flexibility index (Phi) is 8.65. The highest BCUT2D eigenvalue weighted by Gasteiger charge is 2.48. The fourth-order valence-corrected chi connectivity index (χ4v) is 7.31.